The lowest BCUT2D eigenvalue weighted by molar-refractivity contribution is -0.342. The third-order valence-corrected chi connectivity index (χ3v) is 6.21. The van der Waals surface area contributed by atoms with Crippen LogP contribution in [0.1, 0.15) is 44.9 Å². The second kappa shape index (κ2) is 3.50. The average molecular weight is 250 g/mol. The maximum atomic E-state index is 5.65. The molecule has 3 heteroatoms. The predicted octanol–water partition coefficient (Wildman–Crippen LogP) is 2.69. The summed E-state index contributed by atoms with van der Waals surface area (Å²) in [4.78, 5) is 10.8. The molecular weight excluding hydrogens is 228 g/mol. The maximum absolute atomic E-state index is 5.65. The molecule has 0 aromatic rings. The molecule has 6 fully saturated rings. The molecule has 6 rings (SSSR count). The molecule has 0 amide bonds. The van der Waals surface area contributed by atoms with Gasteiger partial charge in [0.15, 0.2) is 0 Å². The first kappa shape index (κ1) is 10.6. The van der Waals surface area contributed by atoms with Gasteiger partial charge in [0.1, 0.15) is 24.9 Å². The van der Waals surface area contributed by atoms with Crippen molar-refractivity contribution < 1.29 is 14.5 Å². The highest BCUT2D eigenvalue weighted by molar-refractivity contribution is 5.04. The Morgan fingerprint density at radius 2 is 1.61 bits per heavy atom. The minimum Gasteiger partial charge on any atom is -0.364 e. The van der Waals surface area contributed by atoms with Gasteiger partial charge >= 0.3 is 0 Å². The average Bonchev–Trinajstić information content (AvgIpc) is 3.06. The van der Waals surface area contributed by atoms with Crippen molar-refractivity contribution in [2.75, 3.05) is 6.61 Å². The zero-order valence-corrected chi connectivity index (χ0v) is 10.8. The van der Waals surface area contributed by atoms with Crippen molar-refractivity contribution in [1.82, 2.24) is 0 Å². The van der Waals surface area contributed by atoms with Crippen molar-refractivity contribution in [1.29, 1.82) is 0 Å². The van der Waals surface area contributed by atoms with Gasteiger partial charge in [-0.1, -0.05) is 0 Å². The molecule has 3 nitrogen and oxygen atoms in total. The van der Waals surface area contributed by atoms with Crippen molar-refractivity contribution >= 4 is 0 Å². The number of ether oxygens (including phenoxy) is 1. The van der Waals surface area contributed by atoms with Gasteiger partial charge in [-0.15, -0.1) is 0 Å². The molecule has 0 aromatic carbocycles. The topological polar surface area (TPSA) is 31.0 Å². The van der Waals surface area contributed by atoms with Crippen LogP contribution >= 0.6 is 0 Å². The highest BCUT2D eigenvalue weighted by Gasteiger charge is 2.56. The van der Waals surface area contributed by atoms with Gasteiger partial charge in [0.05, 0.1) is 0 Å². The molecule has 2 aliphatic heterocycles. The second-order valence-corrected chi connectivity index (χ2v) is 7.68. The highest BCUT2D eigenvalue weighted by atomic mass is 17.2. The van der Waals surface area contributed by atoms with Crippen molar-refractivity contribution in [3.05, 3.63) is 0 Å². The maximum Gasteiger partial charge on any atom is 0.122 e. The van der Waals surface area contributed by atoms with E-state index in [9.17, 15) is 0 Å². The first-order valence-corrected chi connectivity index (χ1v) is 7.73. The van der Waals surface area contributed by atoms with Gasteiger partial charge in [-0.05, 0) is 68.1 Å². The summed E-state index contributed by atoms with van der Waals surface area (Å²) in [7, 11) is 0. The number of hydrogen-bond acceptors (Lipinski definition) is 3. The summed E-state index contributed by atoms with van der Waals surface area (Å²) < 4.78 is 5.65. The molecule has 18 heavy (non-hydrogen) atoms. The van der Waals surface area contributed by atoms with E-state index in [1.165, 1.54) is 44.9 Å². The zero-order chi connectivity index (χ0) is 11.7. The summed E-state index contributed by atoms with van der Waals surface area (Å²) >= 11 is 0. The van der Waals surface area contributed by atoms with Gasteiger partial charge in [-0.3, -0.25) is 0 Å². The first-order chi connectivity index (χ1) is 8.80. The number of rotatable bonds is 2. The third-order valence-electron chi connectivity index (χ3n) is 6.21. The monoisotopic (exact) mass is 250 g/mol. The zero-order valence-electron chi connectivity index (χ0n) is 10.8. The molecule has 100 valence electrons. The first-order valence-electron chi connectivity index (χ1n) is 7.73. The van der Waals surface area contributed by atoms with E-state index >= 15 is 0 Å². The van der Waals surface area contributed by atoms with Crippen molar-refractivity contribution in [2.24, 2.45) is 23.2 Å². The molecule has 0 unspecified atom stereocenters. The number of hydrogen-bond donors (Lipinski definition) is 0. The van der Waals surface area contributed by atoms with Gasteiger partial charge in [0.25, 0.3) is 0 Å². The Kier molecular flexibility index (Phi) is 2.07. The summed E-state index contributed by atoms with van der Waals surface area (Å²) in [6, 6.07) is 0. The van der Waals surface area contributed by atoms with Crippen LogP contribution in [0.25, 0.3) is 0 Å². The molecule has 2 saturated heterocycles. The molecule has 4 bridgehead atoms. The summed E-state index contributed by atoms with van der Waals surface area (Å²) in [5.74, 6) is 3.07. The molecular formula is C15H22O3. The van der Waals surface area contributed by atoms with Crippen LogP contribution in [-0.4, -0.2) is 24.9 Å². The molecule has 0 radical (unpaired) electrons. The quantitative estimate of drug-likeness (QED) is 0.557. The smallest absolute Gasteiger partial charge is 0.122 e. The fraction of sp³-hybridized carbons (Fsp3) is 1.00. The Morgan fingerprint density at radius 1 is 0.944 bits per heavy atom. The van der Waals surface area contributed by atoms with Crippen molar-refractivity contribution in [2.45, 2.75) is 63.3 Å². The SMILES string of the molecule is C1C2CC3CC1CC(C[C@H]1OOC[C@@H]4O[C@@H]41)(C2)C3. The van der Waals surface area contributed by atoms with E-state index in [1.54, 1.807) is 0 Å². The lowest BCUT2D eigenvalue weighted by atomic mass is 9.48. The second-order valence-electron chi connectivity index (χ2n) is 7.68. The van der Waals surface area contributed by atoms with E-state index in [0.717, 1.165) is 17.8 Å². The molecule has 0 spiro atoms. The molecule has 4 saturated carbocycles. The van der Waals surface area contributed by atoms with Crippen molar-refractivity contribution in [3.63, 3.8) is 0 Å². The van der Waals surface area contributed by atoms with Crippen LogP contribution in [0, 0.1) is 23.2 Å². The standard InChI is InChI=1S/C15H22O3/c1-9-2-11-3-10(1)5-15(4-9,6-11)7-12-14-13(17-14)8-16-18-12/h9-14H,1-8H2/t9?,10?,11?,12-,13+,14-,15?/m1/s1. The Balaban J connectivity index is 1.36. The molecule has 3 atom stereocenters. The fourth-order valence-corrected chi connectivity index (χ4v) is 5.98. The Labute approximate surface area is 108 Å². The predicted molar refractivity (Wildman–Crippen MR) is 64.7 cm³/mol. The Hall–Kier alpha value is -0.120. The van der Waals surface area contributed by atoms with Gasteiger partial charge in [0, 0.05) is 0 Å². The van der Waals surface area contributed by atoms with Crippen LogP contribution in [0.2, 0.25) is 0 Å². The lowest BCUT2D eigenvalue weighted by Crippen LogP contribution is -2.48. The molecule has 4 aliphatic carbocycles. The lowest BCUT2D eigenvalue weighted by Gasteiger charge is -2.57. The minimum atomic E-state index is 0.222. The van der Waals surface area contributed by atoms with Gasteiger partial charge in [-0.25, -0.2) is 9.78 Å². The summed E-state index contributed by atoms with van der Waals surface area (Å²) in [6.07, 6.45) is 11.0. The molecule has 2 heterocycles. The van der Waals surface area contributed by atoms with Crippen LogP contribution in [0.15, 0.2) is 0 Å². The number of epoxide rings is 1. The van der Waals surface area contributed by atoms with E-state index in [-0.39, 0.29) is 6.10 Å². The van der Waals surface area contributed by atoms with Gasteiger partial charge in [-0.2, -0.15) is 0 Å². The van der Waals surface area contributed by atoms with E-state index in [1.807, 2.05) is 0 Å². The van der Waals surface area contributed by atoms with Crippen LogP contribution < -0.4 is 0 Å². The number of fused-ring (bicyclic) bond motifs is 1. The summed E-state index contributed by atoms with van der Waals surface area (Å²) in [5.41, 5.74) is 0.580. The molecule has 6 aliphatic rings. The van der Waals surface area contributed by atoms with Crippen LogP contribution in [0.3, 0.4) is 0 Å². The highest BCUT2D eigenvalue weighted by Crippen LogP contribution is 2.62. The van der Waals surface area contributed by atoms with Gasteiger partial charge < -0.3 is 4.74 Å². The van der Waals surface area contributed by atoms with E-state index in [4.69, 9.17) is 14.5 Å². The van der Waals surface area contributed by atoms with Gasteiger partial charge in [0.2, 0.25) is 0 Å². The van der Waals surface area contributed by atoms with E-state index in [2.05, 4.69) is 0 Å². The van der Waals surface area contributed by atoms with Crippen LogP contribution in [0.4, 0.5) is 0 Å². The summed E-state index contributed by atoms with van der Waals surface area (Å²) in [5, 5.41) is 0. The normalized spacial score (nSPS) is 60.7. The van der Waals surface area contributed by atoms with E-state index in [0.29, 0.717) is 24.2 Å². The van der Waals surface area contributed by atoms with Crippen LogP contribution in [0.5, 0.6) is 0 Å². The Morgan fingerprint density at radius 3 is 2.28 bits per heavy atom. The largest absolute Gasteiger partial charge is 0.364 e. The third kappa shape index (κ3) is 1.53. The van der Waals surface area contributed by atoms with Crippen LogP contribution in [-0.2, 0) is 14.5 Å². The fourth-order valence-electron chi connectivity index (χ4n) is 5.98. The molecule has 0 aromatic heterocycles. The minimum absolute atomic E-state index is 0.222. The summed E-state index contributed by atoms with van der Waals surface area (Å²) in [6.45, 7) is 0.641. The van der Waals surface area contributed by atoms with E-state index < -0.39 is 0 Å². The Bertz CT molecular complexity index is 331. The van der Waals surface area contributed by atoms with Crippen molar-refractivity contribution in [3.8, 4) is 0 Å². The molecule has 0 N–H and O–H groups in total.